The molecule has 0 aromatic carbocycles. The number of hydrogen-bond acceptors (Lipinski definition) is 6. The van der Waals surface area contributed by atoms with Gasteiger partial charge in [-0.25, -0.2) is 14.4 Å². The molecular weight excluding hydrogens is 349 g/mol. The molecule has 0 bridgehead atoms. The minimum atomic E-state index is -0.529. The van der Waals surface area contributed by atoms with Crippen molar-refractivity contribution in [1.29, 1.82) is 0 Å². The quantitative estimate of drug-likeness (QED) is 0.696. The van der Waals surface area contributed by atoms with Crippen LogP contribution in [0.1, 0.15) is 17.0 Å². The number of halogens is 1. The van der Waals surface area contributed by atoms with Crippen LogP contribution in [0, 0.1) is 5.82 Å². The number of anilines is 1. The summed E-state index contributed by atoms with van der Waals surface area (Å²) in [5, 5.41) is 4.10. The highest BCUT2D eigenvalue weighted by atomic mass is 19.1. The number of likely N-dealkylation sites (N-methyl/N-ethyl adjacent to an activating group) is 1. The van der Waals surface area contributed by atoms with Gasteiger partial charge in [0.15, 0.2) is 11.6 Å². The second kappa shape index (κ2) is 7.10. The van der Waals surface area contributed by atoms with Crippen LogP contribution in [-0.2, 0) is 0 Å². The van der Waals surface area contributed by atoms with Crippen LogP contribution >= 0.6 is 0 Å². The van der Waals surface area contributed by atoms with Gasteiger partial charge in [0.25, 0.3) is 5.91 Å². The Balaban J connectivity index is 1.47. The molecule has 0 spiro atoms. The molecule has 0 aliphatic carbocycles. The van der Waals surface area contributed by atoms with Gasteiger partial charge in [0.2, 0.25) is 5.82 Å². The summed E-state index contributed by atoms with van der Waals surface area (Å²) in [5.74, 6) is -0.799. The number of hydrogen-bond donors (Lipinski definition) is 0. The van der Waals surface area contributed by atoms with Crippen LogP contribution in [0.3, 0.4) is 0 Å². The van der Waals surface area contributed by atoms with E-state index in [2.05, 4.69) is 25.0 Å². The minimum absolute atomic E-state index is 0.0106. The molecule has 3 aromatic heterocycles. The van der Waals surface area contributed by atoms with E-state index in [9.17, 15) is 9.18 Å². The van der Waals surface area contributed by atoms with Gasteiger partial charge in [-0.2, -0.15) is 4.68 Å². The monoisotopic (exact) mass is 367 g/mol. The number of aromatic nitrogens is 5. The molecule has 1 saturated heterocycles. The number of carbonyl (C=O) groups is 1. The Bertz CT molecular complexity index is 946. The SMILES string of the molecule is CN(C(=O)c1ncn(-c2ncccc2F)n1)C1CCN(c2ccncc2)C1. The third kappa shape index (κ3) is 3.35. The summed E-state index contributed by atoms with van der Waals surface area (Å²) in [6.45, 7) is 1.58. The summed E-state index contributed by atoms with van der Waals surface area (Å²) in [4.78, 5) is 28.6. The second-order valence-electron chi connectivity index (χ2n) is 6.33. The van der Waals surface area contributed by atoms with Crippen molar-refractivity contribution >= 4 is 11.6 Å². The van der Waals surface area contributed by atoms with Gasteiger partial charge in [-0.3, -0.25) is 9.78 Å². The lowest BCUT2D eigenvalue weighted by Gasteiger charge is -2.24. The molecule has 1 unspecified atom stereocenters. The van der Waals surface area contributed by atoms with Gasteiger partial charge in [-0.15, -0.1) is 5.10 Å². The van der Waals surface area contributed by atoms with Crippen molar-refractivity contribution < 1.29 is 9.18 Å². The maximum atomic E-state index is 13.8. The molecule has 9 heteroatoms. The Labute approximate surface area is 155 Å². The molecule has 0 saturated carbocycles. The summed E-state index contributed by atoms with van der Waals surface area (Å²) in [5.41, 5.74) is 1.08. The molecule has 1 aliphatic rings. The van der Waals surface area contributed by atoms with Gasteiger partial charge in [-0.05, 0) is 30.7 Å². The summed E-state index contributed by atoms with van der Waals surface area (Å²) in [6.07, 6.45) is 7.11. The summed E-state index contributed by atoms with van der Waals surface area (Å²) >= 11 is 0. The van der Waals surface area contributed by atoms with Crippen molar-refractivity contribution in [3.8, 4) is 5.82 Å². The molecule has 8 nitrogen and oxygen atoms in total. The highest BCUT2D eigenvalue weighted by molar-refractivity contribution is 5.90. The van der Waals surface area contributed by atoms with Crippen LogP contribution in [0.4, 0.5) is 10.1 Å². The Kier molecular flexibility index (Phi) is 4.49. The zero-order valence-electron chi connectivity index (χ0n) is 14.7. The van der Waals surface area contributed by atoms with E-state index < -0.39 is 5.82 Å². The van der Waals surface area contributed by atoms with E-state index in [0.717, 1.165) is 25.2 Å². The average Bonchev–Trinajstić information content (AvgIpc) is 3.38. The molecule has 27 heavy (non-hydrogen) atoms. The fourth-order valence-corrected chi connectivity index (χ4v) is 3.18. The van der Waals surface area contributed by atoms with E-state index in [1.165, 1.54) is 29.3 Å². The van der Waals surface area contributed by atoms with E-state index in [4.69, 9.17) is 0 Å². The fraction of sp³-hybridized carbons (Fsp3) is 0.278. The zero-order valence-corrected chi connectivity index (χ0v) is 14.7. The Hall–Kier alpha value is -3.36. The molecule has 3 aromatic rings. The van der Waals surface area contributed by atoms with Crippen LogP contribution in [0.2, 0.25) is 0 Å². The number of nitrogens with zero attached hydrogens (tertiary/aromatic N) is 7. The summed E-state index contributed by atoms with van der Waals surface area (Å²) in [7, 11) is 1.74. The maximum absolute atomic E-state index is 13.8. The van der Waals surface area contributed by atoms with Crippen LogP contribution in [0.5, 0.6) is 0 Å². The number of carbonyl (C=O) groups excluding carboxylic acids is 1. The lowest BCUT2D eigenvalue weighted by atomic mass is 10.2. The van der Waals surface area contributed by atoms with Gasteiger partial charge >= 0.3 is 0 Å². The number of rotatable bonds is 4. The number of amides is 1. The molecule has 1 atom stereocenters. The van der Waals surface area contributed by atoms with Crippen molar-refractivity contribution in [3.05, 3.63) is 60.8 Å². The fourth-order valence-electron chi connectivity index (χ4n) is 3.18. The minimum Gasteiger partial charge on any atom is -0.369 e. The number of pyridine rings is 2. The lowest BCUT2D eigenvalue weighted by Crippen LogP contribution is -2.39. The van der Waals surface area contributed by atoms with E-state index in [0.29, 0.717) is 0 Å². The molecule has 1 aliphatic heterocycles. The van der Waals surface area contributed by atoms with Gasteiger partial charge < -0.3 is 9.80 Å². The largest absolute Gasteiger partial charge is 0.369 e. The van der Waals surface area contributed by atoms with Crippen molar-refractivity contribution in [1.82, 2.24) is 29.6 Å². The molecule has 1 fully saturated rings. The predicted octanol–water partition coefficient (Wildman–Crippen LogP) is 1.55. The standard InChI is InChI=1S/C18H18FN7O/c1-24(14-6-10-25(11-14)13-4-8-20-9-5-13)18(27)16-22-12-26(23-16)17-15(19)3-2-7-21-17/h2-5,7-9,12,14H,6,10-11H2,1H3. The normalized spacial score (nSPS) is 16.5. The highest BCUT2D eigenvalue weighted by Crippen LogP contribution is 2.22. The Morgan fingerprint density at radius 1 is 1.22 bits per heavy atom. The van der Waals surface area contributed by atoms with E-state index in [1.54, 1.807) is 24.3 Å². The molecule has 4 heterocycles. The Morgan fingerprint density at radius 3 is 2.81 bits per heavy atom. The van der Waals surface area contributed by atoms with E-state index >= 15 is 0 Å². The first kappa shape index (κ1) is 17.1. The summed E-state index contributed by atoms with van der Waals surface area (Å²) < 4.78 is 15.0. The third-order valence-corrected chi connectivity index (χ3v) is 4.70. The molecule has 1 amide bonds. The highest BCUT2D eigenvalue weighted by Gasteiger charge is 2.30. The smallest absolute Gasteiger partial charge is 0.293 e. The van der Waals surface area contributed by atoms with Gasteiger partial charge in [0, 0.05) is 44.4 Å². The Morgan fingerprint density at radius 2 is 2.04 bits per heavy atom. The lowest BCUT2D eigenvalue weighted by molar-refractivity contribution is 0.0732. The molecule has 138 valence electrons. The van der Waals surface area contributed by atoms with Crippen LogP contribution in [0.15, 0.2) is 49.2 Å². The third-order valence-electron chi connectivity index (χ3n) is 4.70. The average molecular weight is 367 g/mol. The predicted molar refractivity (Wildman–Crippen MR) is 96.1 cm³/mol. The topological polar surface area (TPSA) is 80.0 Å². The van der Waals surface area contributed by atoms with Gasteiger partial charge in [-0.1, -0.05) is 0 Å². The van der Waals surface area contributed by atoms with Crippen molar-refractivity contribution in [2.45, 2.75) is 12.5 Å². The first-order chi connectivity index (χ1) is 13.1. The molecule has 4 rings (SSSR count). The zero-order chi connectivity index (χ0) is 18.8. The van der Waals surface area contributed by atoms with Crippen molar-refractivity contribution in [2.24, 2.45) is 0 Å². The van der Waals surface area contributed by atoms with Crippen molar-refractivity contribution in [3.63, 3.8) is 0 Å². The maximum Gasteiger partial charge on any atom is 0.293 e. The van der Waals surface area contributed by atoms with E-state index in [-0.39, 0.29) is 23.6 Å². The molecular formula is C18H18FN7O. The van der Waals surface area contributed by atoms with E-state index in [1.807, 2.05) is 12.1 Å². The first-order valence-corrected chi connectivity index (χ1v) is 8.58. The first-order valence-electron chi connectivity index (χ1n) is 8.58. The van der Waals surface area contributed by atoms with Crippen molar-refractivity contribution in [2.75, 3.05) is 25.0 Å². The van der Waals surface area contributed by atoms with Gasteiger partial charge in [0.05, 0.1) is 6.04 Å². The summed E-state index contributed by atoms with van der Waals surface area (Å²) in [6, 6.07) is 6.72. The van der Waals surface area contributed by atoms with Gasteiger partial charge in [0.1, 0.15) is 6.33 Å². The second-order valence-corrected chi connectivity index (χ2v) is 6.33. The van der Waals surface area contributed by atoms with Crippen LogP contribution < -0.4 is 4.90 Å². The van der Waals surface area contributed by atoms with Crippen LogP contribution in [-0.4, -0.2) is 61.7 Å². The molecule has 0 N–H and O–H groups in total. The molecule has 0 radical (unpaired) electrons. The van der Waals surface area contributed by atoms with Crippen LogP contribution in [0.25, 0.3) is 5.82 Å².